The molecule has 18 heavy (non-hydrogen) atoms. The smallest absolute Gasteiger partial charge is 0.0634 e. The molecular formula is C15H32N2O. The van der Waals surface area contributed by atoms with Crippen molar-refractivity contribution >= 4 is 0 Å². The quantitative estimate of drug-likeness (QED) is 0.722. The molecule has 1 N–H and O–H groups in total. The Morgan fingerprint density at radius 2 is 2.11 bits per heavy atom. The molecule has 108 valence electrons. The van der Waals surface area contributed by atoms with Crippen molar-refractivity contribution < 1.29 is 4.74 Å². The summed E-state index contributed by atoms with van der Waals surface area (Å²) in [7, 11) is 1.81. The standard InChI is InChI=1S/C15H32N2O/c1-13(2)11-16-12-14-7-6-9-17(14)10-8-15(3,4)18-5/h13-14,16H,6-12H2,1-5H3. The Morgan fingerprint density at radius 1 is 1.39 bits per heavy atom. The predicted molar refractivity (Wildman–Crippen MR) is 78.0 cm³/mol. The van der Waals surface area contributed by atoms with Crippen LogP contribution in [0.4, 0.5) is 0 Å². The van der Waals surface area contributed by atoms with E-state index in [1.165, 1.54) is 19.4 Å². The second kappa shape index (κ2) is 7.46. The molecule has 0 radical (unpaired) electrons. The van der Waals surface area contributed by atoms with Crippen molar-refractivity contribution in [2.45, 2.75) is 58.6 Å². The van der Waals surface area contributed by atoms with Crippen LogP contribution in [-0.4, -0.2) is 49.8 Å². The van der Waals surface area contributed by atoms with E-state index in [0.29, 0.717) is 0 Å². The van der Waals surface area contributed by atoms with Gasteiger partial charge in [0, 0.05) is 26.2 Å². The molecule has 1 rings (SSSR count). The lowest BCUT2D eigenvalue weighted by Gasteiger charge is -2.30. The molecule has 0 aromatic rings. The summed E-state index contributed by atoms with van der Waals surface area (Å²) in [4.78, 5) is 2.63. The highest BCUT2D eigenvalue weighted by molar-refractivity contribution is 4.83. The largest absolute Gasteiger partial charge is 0.379 e. The van der Waals surface area contributed by atoms with Crippen LogP contribution in [0.15, 0.2) is 0 Å². The lowest BCUT2D eigenvalue weighted by atomic mass is 10.0. The number of hydrogen-bond acceptors (Lipinski definition) is 3. The molecule has 0 bridgehead atoms. The van der Waals surface area contributed by atoms with Crippen LogP contribution < -0.4 is 5.32 Å². The first-order valence-corrected chi connectivity index (χ1v) is 7.44. The van der Waals surface area contributed by atoms with E-state index in [-0.39, 0.29) is 5.60 Å². The van der Waals surface area contributed by atoms with Crippen LogP contribution in [0.2, 0.25) is 0 Å². The van der Waals surface area contributed by atoms with Crippen molar-refractivity contribution in [2.75, 3.05) is 33.3 Å². The monoisotopic (exact) mass is 256 g/mol. The van der Waals surface area contributed by atoms with Gasteiger partial charge in [0.2, 0.25) is 0 Å². The van der Waals surface area contributed by atoms with Gasteiger partial charge in [-0.2, -0.15) is 0 Å². The van der Waals surface area contributed by atoms with E-state index in [4.69, 9.17) is 4.74 Å². The molecule has 3 heteroatoms. The number of nitrogens with zero attached hydrogens (tertiary/aromatic N) is 1. The third kappa shape index (κ3) is 5.68. The summed E-state index contributed by atoms with van der Waals surface area (Å²) in [5, 5.41) is 3.59. The van der Waals surface area contributed by atoms with Gasteiger partial charge in [-0.3, -0.25) is 4.90 Å². The second-order valence-electron chi connectivity index (χ2n) is 6.60. The van der Waals surface area contributed by atoms with Gasteiger partial charge in [-0.15, -0.1) is 0 Å². The van der Waals surface area contributed by atoms with Crippen LogP contribution in [0.5, 0.6) is 0 Å². The molecule has 1 aliphatic heterocycles. The molecule has 1 fully saturated rings. The molecule has 3 nitrogen and oxygen atoms in total. The Hall–Kier alpha value is -0.120. The summed E-state index contributed by atoms with van der Waals surface area (Å²) >= 11 is 0. The highest BCUT2D eigenvalue weighted by Crippen LogP contribution is 2.20. The van der Waals surface area contributed by atoms with Gasteiger partial charge in [0.1, 0.15) is 0 Å². The number of methoxy groups -OCH3 is 1. The highest BCUT2D eigenvalue weighted by atomic mass is 16.5. The van der Waals surface area contributed by atoms with E-state index in [2.05, 4.69) is 37.9 Å². The molecular weight excluding hydrogens is 224 g/mol. The Labute approximate surface area is 113 Å². The van der Waals surface area contributed by atoms with Crippen molar-refractivity contribution in [2.24, 2.45) is 5.92 Å². The van der Waals surface area contributed by atoms with E-state index in [0.717, 1.165) is 38.0 Å². The molecule has 1 saturated heterocycles. The summed E-state index contributed by atoms with van der Waals surface area (Å²) in [6, 6.07) is 0.733. The first-order valence-electron chi connectivity index (χ1n) is 7.44. The van der Waals surface area contributed by atoms with Crippen LogP contribution in [-0.2, 0) is 4.74 Å². The summed E-state index contributed by atoms with van der Waals surface area (Å²) in [5.41, 5.74) is 0.0124. The minimum Gasteiger partial charge on any atom is -0.379 e. The minimum atomic E-state index is 0.0124. The zero-order chi connectivity index (χ0) is 13.6. The normalized spacial score (nSPS) is 22.0. The number of rotatable bonds is 8. The maximum Gasteiger partial charge on any atom is 0.0634 e. The fourth-order valence-corrected chi connectivity index (χ4v) is 2.47. The van der Waals surface area contributed by atoms with Crippen molar-refractivity contribution in [1.29, 1.82) is 0 Å². The van der Waals surface area contributed by atoms with E-state index in [1.807, 2.05) is 7.11 Å². The number of likely N-dealkylation sites (tertiary alicyclic amines) is 1. The average molecular weight is 256 g/mol. The topological polar surface area (TPSA) is 24.5 Å². The van der Waals surface area contributed by atoms with Crippen molar-refractivity contribution in [1.82, 2.24) is 10.2 Å². The van der Waals surface area contributed by atoms with Crippen LogP contribution in [0.3, 0.4) is 0 Å². The van der Waals surface area contributed by atoms with Crippen LogP contribution >= 0.6 is 0 Å². The third-order valence-corrected chi connectivity index (χ3v) is 3.99. The lowest BCUT2D eigenvalue weighted by molar-refractivity contribution is 0.00651. The van der Waals surface area contributed by atoms with Crippen LogP contribution in [0.1, 0.15) is 47.0 Å². The molecule has 0 aromatic heterocycles. The van der Waals surface area contributed by atoms with E-state index < -0.39 is 0 Å². The van der Waals surface area contributed by atoms with Gasteiger partial charge < -0.3 is 10.1 Å². The summed E-state index contributed by atoms with van der Waals surface area (Å²) in [5.74, 6) is 0.743. The zero-order valence-corrected chi connectivity index (χ0v) is 13.0. The lowest BCUT2D eigenvalue weighted by Crippen LogP contribution is -2.41. The van der Waals surface area contributed by atoms with Crippen molar-refractivity contribution in [3.8, 4) is 0 Å². The Bertz CT molecular complexity index is 229. The Morgan fingerprint density at radius 3 is 2.72 bits per heavy atom. The maximum absolute atomic E-state index is 5.50. The summed E-state index contributed by atoms with van der Waals surface area (Å²) < 4.78 is 5.50. The first kappa shape index (κ1) is 15.9. The zero-order valence-electron chi connectivity index (χ0n) is 13.0. The highest BCUT2D eigenvalue weighted by Gasteiger charge is 2.26. The number of hydrogen-bond donors (Lipinski definition) is 1. The average Bonchev–Trinajstić information content (AvgIpc) is 2.74. The maximum atomic E-state index is 5.50. The molecule has 0 aliphatic carbocycles. The molecule has 0 amide bonds. The number of ether oxygens (including phenoxy) is 1. The Balaban J connectivity index is 2.27. The van der Waals surface area contributed by atoms with Gasteiger partial charge in [0.05, 0.1) is 5.60 Å². The molecule has 0 aromatic carbocycles. The molecule has 0 saturated carbocycles. The fourth-order valence-electron chi connectivity index (χ4n) is 2.47. The second-order valence-corrected chi connectivity index (χ2v) is 6.60. The third-order valence-electron chi connectivity index (χ3n) is 3.99. The minimum absolute atomic E-state index is 0.0124. The van der Waals surface area contributed by atoms with Crippen molar-refractivity contribution in [3.63, 3.8) is 0 Å². The van der Waals surface area contributed by atoms with Gasteiger partial charge in [-0.1, -0.05) is 13.8 Å². The van der Waals surface area contributed by atoms with E-state index in [9.17, 15) is 0 Å². The summed E-state index contributed by atoms with van der Waals surface area (Å²) in [6.07, 6.45) is 3.81. The first-order chi connectivity index (χ1) is 8.44. The van der Waals surface area contributed by atoms with Gasteiger partial charge in [0.25, 0.3) is 0 Å². The van der Waals surface area contributed by atoms with Crippen LogP contribution in [0, 0.1) is 5.92 Å². The van der Waals surface area contributed by atoms with Crippen molar-refractivity contribution in [3.05, 3.63) is 0 Å². The summed E-state index contributed by atoms with van der Waals surface area (Å²) in [6.45, 7) is 13.6. The van der Waals surface area contributed by atoms with Gasteiger partial charge in [-0.05, 0) is 52.1 Å². The molecule has 0 spiro atoms. The molecule has 1 atom stereocenters. The molecule has 1 aliphatic rings. The van der Waals surface area contributed by atoms with Crippen LogP contribution in [0.25, 0.3) is 0 Å². The SMILES string of the molecule is COC(C)(C)CCN1CCCC1CNCC(C)C. The molecule has 1 heterocycles. The van der Waals surface area contributed by atoms with Gasteiger partial charge in [-0.25, -0.2) is 0 Å². The van der Waals surface area contributed by atoms with Gasteiger partial charge in [0.15, 0.2) is 0 Å². The fraction of sp³-hybridized carbons (Fsp3) is 1.00. The van der Waals surface area contributed by atoms with E-state index >= 15 is 0 Å². The van der Waals surface area contributed by atoms with Gasteiger partial charge >= 0.3 is 0 Å². The Kier molecular flexibility index (Phi) is 6.61. The molecule has 1 unspecified atom stereocenters. The predicted octanol–water partition coefficient (Wildman–Crippen LogP) is 2.51. The van der Waals surface area contributed by atoms with E-state index in [1.54, 1.807) is 0 Å². The number of nitrogens with one attached hydrogen (secondary N) is 1.